The summed E-state index contributed by atoms with van der Waals surface area (Å²) >= 11 is 0. The van der Waals surface area contributed by atoms with Gasteiger partial charge < -0.3 is 15.3 Å². The molecule has 22 heavy (non-hydrogen) atoms. The zero-order chi connectivity index (χ0) is 16.7. The van der Waals surface area contributed by atoms with Gasteiger partial charge in [-0.25, -0.2) is 0 Å². The highest BCUT2D eigenvalue weighted by Crippen LogP contribution is 2.10. The summed E-state index contributed by atoms with van der Waals surface area (Å²) in [7, 11) is 0. The van der Waals surface area contributed by atoms with Gasteiger partial charge in [-0.15, -0.1) is 0 Å². The first-order valence-corrected chi connectivity index (χ1v) is 7.16. The SMILES string of the molecule is CCN(CC(=O)O)C1CN(CC(=O)O)CCN(CC(=O)O)C1. The maximum absolute atomic E-state index is 11.0. The van der Waals surface area contributed by atoms with Crippen LogP contribution in [0.3, 0.4) is 0 Å². The van der Waals surface area contributed by atoms with Crippen LogP contribution in [0.5, 0.6) is 0 Å². The average molecular weight is 317 g/mol. The highest BCUT2D eigenvalue weighted by atomic mass is 16.4. The van der Waals surface area contributed by atoms with Crippen LogP contribution in [0.1, 0.15) is 6.92 Å². The van der Waals surface area contributed by atoms with Crippen LogP contribution in [-0.4, -0.2) is 106 Å². The van der Waals surface area contributed by atoms with Crippen molar-refractivity contribution in [3.8, 4) is 0 Å². The van der Waals surface area contributed by atoms with Crippen molar-refractivity contribution in [1.82, 2.24) is 14.7 Å². The highest BCUT2D eigenvalue weighted by Gasteiger charge is 2.29. The Kier molecular flexibility index (Phi) is 7.22. The Bertz CT molecular complexity index is 391. The van der Waals surface area contributed by atoms with Gasteiger partial charge in [0, 0.05) is 32.2 Å². The van der Waals surface area contributed by atoms with Gasteiger partial charge in [0.25, 0.3) is 0 Å². The predicted octanol–water partition coefficient (Wildman–Crippen LogP) is -1.45. The molecule has 0 spiro atoms. The molecular formula is C13H23N3O6. The number of likely N-dealkylation sites (N-methyl/N-ethyl adjacent to an activating group) is 1. The minimum Gasteiger partial charge on any atom is -0.480 e. The van der Waals surface area contributed by atoms with E-state index >= 15 is 0 Å². The Morgan fingerprint density at radius 3 is 1.73 bits per heavy atom. The van der Waals surface area contributed by atoms with Gasteiger partial charge in [-0.05, 0) is 6.54 Å². The van der Waals surface area contributed by atoms with Crippen molar-refractivity contribution in [2.45, 2.75) is 13.0 Å². The fraction of sp³-hybridized carbons (Fsp3) is 0.769. The normalized spacial score (nSPS) is 18.3. The minimum atomic E-state index is -0.958. The largest absolute Gasteiger partial charge is 0.480 e. The molecule has 3 N–H and O–H groups in total. The van der Waals surface area contributed by atoms with Crippen molar-refractivity contribution in [3.63, 3.8) is 0 Å². The molecule has 0 aromatic carbocycles. The molecule has 0 saturated carbocycles. The lowest BCUT2D eigenvalue weighted by Gasteiger charge is -2.32. The van der Waals surface area contributed by atoms with Crippen molar-refractivity contribution in [3.05, 3.63) is 0 Å². The van der Waals surface area contributed by atoms with E-state index < -0.39 is 17.9 Å². The van der Waals surface area contributed by atoms with Gasteiger partial charge in [-0.2, -0.15) is 0 Å². The lowest BCUT2D eigenvalue weighted by molar-refractivity contribution is -0.141. The van der Waals surface area contributed by atoms with E-state index in [1.807, 2.05) is 6.92 Å². The van der Waals surface area contributed by atoms with Gasteiger partial charge in [0.05, 0.1) is 19.6 Å². The standard InChI is InChI=1S/C13H23N3O6/c1-2-16(9-13(21)22)10-5-14(7-11(17)18)3-4-15(6-10)8-12(19)20/h10H,2-9H2,1H3,(H,17,18)(H,19,20)(H,21,22). The Labute approximate surface area is 128 Å². The van der Waals surface area contributed by atoms with E-state index in [0.717, 1.165) is 0 Å². The van der Waals surface area contributed by atoms with E-state index in [9.17, 15) is 14.4 Å². The summed E-state index contributed by atoms with van der Waals surface area (Å²) in [6, 6.07) is -0.220. The number of carboxylic acids is 3. The molecule has 1 aliphatic rings. The second kappa shape index (κ2) is 8.66. The van der Waals surface area contributed by atoms with Gasteiger partial charge in [0.1, 0.15) is 0 Å². The molecule has 0 aromatic rings. The Hall–Kier alpha value is -1.71. The van der Waals surface area contributed by atoms with Crippen LogP contribution >= 0.6 is 0 Å². The number of hydrogen-bond donors (Lipinski definition) is 3. The van der Waals surface area contributed by atoms with Crippen molar-refractivity contribution < 1.29 is 29.7 Å². The second-order valence-electron chi connectivity index (χ2n) is 5.37. The molecule has 1 heterocycles. The van der Waals surface area contributed by atoms with Crippen LogP contribution < -0.4 is 0 Å². The molecule has 0 aromatic heterocycles. The van der Waals surface area contributed by atoms with Crippen LogP contribution in [0.25, 0.3) is 0 Å². The topological polar surface area (TPSA) is 122 Å². The lowest BCUT2D eigenvalue weighted by atomic mass is 10.2. The zero-order valence-electron chi connectivity index (χ0n) is 12.6. The molecule has 0 aliphatic carbocycles. The molecule has 0 amide bonds. The molecule has 0 atom stereocenters. The monoisotopic (exact) mass is 317 g/mol. The summed E-state index contributed by atoms with van der Waals surface area (Å²) in [5.74, 6) is -2.86. The first-order valence-electron chi connectivity index (χ1n) is 7.16. The van der Waals surface area contributed by atoms with E-state index in [0.29, 0.717) is 32.7 Å². The average Bonchev–Trinajstić information content (AvgIpc) is 2.57. The summed E-state index contributed by atoms with van der Waals surface area (Å²) in [4.78, 5) is 37.9. The first kappa shape index (κ1) is 18.3. The lowest BCUT2D eigenvalue weighted by Crippen LogP contribution is -2.49. The van der Waals surface area contributed by atoms with Gasteiger partial charge in [-0.1, -0.05) is 6.92 Å². The van der Waals surface area contributed by atoms with Crippen LogP contribution in [-0.2, 0) is 14.4 Å². The molecule has 1 aliphatic heterocycles. The third-order valence-corrected chi connectivity index (χ3v) is 3.65. The molecule has 126 valence electrons. The molecule has 1 fully saturated rings. The number of aliphatic carboxylic acids is 3. The van der Waals surface area contributed by atoms with Gasteiger partial charge in [-0.3, -0.25) is 29.1 Å². The van der Waals surface area contributed by atoms with Crippen molar-refractivity contribution >= 4 is 17.9 Å². The Morgan fingerprint density at radius 2 is 1.41 bits per heavy atom. The maximum atomic E-state index is 11.0. The molecule has 0 bridgehead atoms. The summed E-state index contributed by atoms with van der Waals surface area (Å²) in [5.41, 5.74) is 0. The molecule has 0 radical (unpaired) electrons. The number of rotatable bonds is 8. The Balaban J connectivity index is 2.83. The van der Waals surface area contributed by atoms with Crippen LogP contribution in [0.2, 0.25) is 0 Å². The van der Waals surface area contributed by atoms with E-state index in [1.54, 1.807) is 14.7 Å². The molecule has 0 unspecified atom stereocenters. The highest BCUT2D eigenvalue weighted by molar-refractivity contribution is 5.70. The van der Waals surface area contributed by atoms with Gasteiger partial charge in [0.15, 0.2) is 0 Å². The molecule has 1 rings (SSSR count). The number of carboxylic acid groups (broad SMARTS) is 3. The maximum Gasteiger partial charge on any atom is 0.317 e. The van der Waals surface area contributed by atoms with Crippen LogP contribution in [0.15, 0.2) is 0 Å². The van der Waals surface area contributed by atoms with Crippen molar-refractivity contribution in [2.24, 2.45) is 0 Å². The molecular weight excluding hydrogens is 294 g/mol. The summed E-state index contributed by atoms with van der Waals surface area (Å²) in [6.07, 6.45) is 0. The fourth-order valence-corrected chi connectivity index (χ4v) is 2.69. The molecule has 1 saturated heterocycles. The predicted molar refractivity (Wildman–Crippen MR) is 76.8 cm³/mol. The van der Waals surface area contributed by atoms with Crippen molar-refractivity contribution in [2.75, 3.05) is 52.4 Å². The number of hydrogen-bond acceptors (Lipinski definition) is 6. The fourth-order valence-electron chi connectivity index (χ4n) is 2.69. The second-order valence-corrected chi connectivity index (χ2v) is 5.37. The number of carbonyl (C=O) groups is 3. The first-order chi connectivity index (χ1) is 10.3. The summed E-state index contributed by atoms with van der Waals surface area (Å²) in [5, 5.41) is 26.9. The quantitative estimate of drug-likeness (QED) is 0.493. The van der Waals surface area contributed by atoms with E-state index in [4.69, 9.17) is 15.3 Å². The minimum absolute atomic E-state index is 0.137. The molecule has 9 heteroatoms. The van der Waals surface area contributed by atoms with Gasteiger partial charge >= 0.3 is 17.9 Å². The van der Waals surface area contributed by atoms with E-state index in [-0.39, 0.29) is 25.7 Å². The smallest absolute Gasteiger partial charge is 0.317 e. The third-order valence-electron chi connectivity index (χ3n) is 3.65. The van der Waals surface area contributed by atoms with Crippen molar-refractivity contribution in [1.29, 1.82) is 0 Å². The van der Waals surface area contributed by atoms with Crippen LogP contribution in [0.4, 0.5) is 0 Å². The van der Waals surface area contributed by atoms with Gasteiger partial charge in [0.2, 0.25) is 0 Å². The van der Waals surface area contributed by atoms with E-state index in [2.05, 4.69) is 0 Å². The zero-order valence-corrected chi connectivity index (χ0v) is 12.6. The van der Waals surface area contributed by atoms with Crippen LogP contribution in [0, 0.1) is 0 Å². The Morgan fingerprint density at radius 1 is 0.955 bits per heavy atom. The van der Waals surface area contributed by atoms with E-state index in [1.165, 1.54) is 0 Å². The summed E-state index contributed by atoms with van der Waals surface area (Å²) < 4.78 is 0. The summed E-state index contributed by atoms with van der Waals surface area (Å²) in [6.45, 7) is 3.61. The molecule has 9 nitrogen and oxygen atoms in total. The third kappa shape index (κ3) is 6.37. The number of nitrogens with zero attached hydrogens (tertiary/aromatic N) is 3.